The molecule has 0 saturated carbocycles. The summed E-state index contributed by atoms with van der Waals surface area (Å²) in [5, 5.41) is 3.90. The molecule has 0 aromatic heterocycles. The number of hydrazone groups is 1. The van der Waals surface area contributed by atoms with Crippen molar-refractivity contribution in [3.63, 3.8) is 0 Å². The maximum atomic E-state index is 12.3. The van der Waals surface area contributed by atoms with E-state index in [1.807, 2.05) is 4.90 Å². The number of hydrogen-bond donors (Lipinski definition) is 1. The van der Waals surface area contributed by atoms with Crippen molar-refractivity contribution in [2.24, 2.45) is 11.0 Å². The van der Waals surface area contributed by atoms with E-state index >= 15 is 0 Å². The van der Waals surface area contributed by atoms with Crippen molar-refractivity contribution in [1.82, 2.24) is 15.2 Å². The van der Waals surface area contributed by atoms with Crippen molar-refractivity contribution in [2.75, 3.05) is 32.7 Å². The minimum Gasteiger partial charge on any atom is -0.338 e. The Morgan fingerprint density at radius 2 is 1.95 bits per heavy atom. The van der Waals surface area contributed by atoms with Crippen molar-refractivity contribution >= 4 is 17.5 Å². The third-order valence-corrected chi connectivity index (χ3v) is 4.46. The van der Waals surface area contributed by atoms with Gasteiger partial charge in [0.1, 0.15) is 5.71 Å². The highest BCUT2D eigenvalue weighted by molar-refractivity contribution is 6.39. The normalized spacial score (nSPS) is 20.4. The molecule has 6 heteroatoms. The van der Waals surface area contributed by atoms with Gasteiger partial charge in [0.05, 0.1) is 0 Å². The van der Waals surface area contributed by atoms with E-state index in [0.717, 1.165) is 45.6 Å². The number of hydrogen-bond acceptors (Lipinski definition) is 4. The summed E-state index contributed by atoms with van der Waals surface area (Å²) in [7, 11) is 0. The molecule has 1 saturated heterocycles. The fourth-order valence-corrected chi connectivity index (χ4v) is 2.98. The SMILES string of the molecule is CCN(CC)CC1CCN(C(=O)C2=NNC(=O)CC2)CC1. The number of likely N-dealkylation sites (tertiary alicyclic amines) is 1. The summed E-state index contributed by atoms with van der Waals surface area (Å²) in [6.07, 6.45) is 2.94. The molecule has 0 spiro atoms. The molecule has 6 nitrogen and oxygen atoms in total. The third-order valence-electron chi connectivity index (χ3n) is 4.46. The lowest BCUT2D eigenvalue weighted by Crippen LogP contribution is -2.45. The monoisotopic (exact) mass is 294 g/mol. The molecule has 0 aromatic carbocycles. The highest BCUT2D eigenvalue weighted by atomic mass is 16.2. The lowest BCUT2D eigenvalue weighted by molar-refractivity contribution is -0.126. The number of piperidine rings is 1. The van der Waals surface area contributed by atoms with E-state index < -0.39 is 0 Å². The summed E-state index contributed by atoms with van der Waals surface area (Å²) < 4.78 is 0. The Morgan fingerprint density at radius 1 is 1.29 bits per heavy atom. The van der Waals surface area contributed by atoms with Crippen LogP contribution in [0, 0.1) is 5.92 Å². The van der Waals surface area contributed by atoms with Gasteiger partial charge in [-0.25, -0.2) is 5.43 Å². The largest absolute Gasteiger partial charge is 0.338 e. The quantitative estimate of drug-likeness (QED) is 0.817. The summed E-state index contributed by atoms with van der Waals surface area (Å²) in [4.78, 5) is 27.7. The molecule has 1 N–H and O–H groups in total. The second-order valence-electron chi connectivity index (χ2n) is 5.81. The second-order valence-corrected chi connectivity index (χ2v) is 5.81. The average Bonchev–Trinajstić information content (AvgIpc) is 2.53. The summed E-state index contributed by atoms with van der Waals surface area (Å²) in [6, 6.07) is 0. The van der Waals surface area contributed by atoms with Gasteiger partial charge in [-0.1, -0.05) is 13.8 Å². The third kappa shape index (κ3) is 4.27. The molecule has 0 aromatic rings. The van der Waals surface area contributed by atoms with E-state index in [9.17, 15) is 9.59 Å². The molecule has 0 aliphatic carbocycles. The highest BCUT2D eigenvalue weighted by Gasteiger charge is 2.27. The van der Waals surface area contributed by atoms with Crippen molar-refractivity contribution in [3.05, 3.63) is 0 Å². The van der Waals surface area contributed by atoms with E-state index in [-0.39, 0.29) is 11.8 Å². The minimum atomic E-state index is -0.107. The van der Waals surface area contributed by atoms with Gasteiger partial charge in [-0.2, -0.15) is 5.10 Å². The Hall–Kier alpha value is -1.43. The molecule has 0 radical (unpaired) electrons. The first-order chi connectivity index (χ1) is 10.1. The fourth-order valence-electron chi connectivity index (χ4n) is 2.98. The summed E-state index contributed by atoms with van der Waals surface area (Å²) in [5.74, 6) is 0.572. The van der Waals surface area contributed by atoms with Crippen LogP contribution < -0.4 is 5.43 Å². The van der Waals surface area contributed by atoms with E-state index in [1.54, 1.807) is 0 Å². The van der Waals surface area contributed by atoms with Gasteiger partial charge in [-0.3, -0.25) is 9.59 Å². The molecule has 118 valence electrons. The first-order valence-corrected chi connectivity index (χ1v) is 8.01. The molecule has 0 bridgehead atoms. The Bertz CT molecular complexity index is 410. The van der Waals surface area contributed by atoms with Gasteiger partial charge in [-0.05, 0) is 31.8 Å². The Kier molecular flexibility index (Phi) is 5.73. The van der Waals surface area contributed by atoms with Crippen LogP contribution in [-0.4, -0.2) is 60.0 Å². The van der Waals surface area contributed by atoms with Crippen molar-refractivity contribution in [2.45, 2.75) is 39.5 Å². The van der Waals surface area contributed by atoms with Gasteiger partial charge < -0.3 is 9.80 Å². The number of rotatable bonds is 5. The van der Waals surface area contributed by atoms with Gasteiger partial charge in [-0.15, -0.1) is 0 Å². The molecular weight excluding hydrogens is 268 g/mol. The van der Waals surface area contributed by atoms with Crippen LogP contribution in [0.3, 0.4) is 0 Å². The molecule has 2 aliphatic heterocycles. The van der Waals surface area contributed by atoms with Crippen LogP contribution in [0.5, 0.6) is 0 Å². The molecule has 21 heavy (non-hydrogen) atoms. The number of nitrogens with zero attached hydrogens (tertiary/aromatic N) is 3. The van der Waals surface area contributed by atoms with E-state index in [2.05, 4.69) is 29.3 Å². The number of carbonyl (C=O) groups is 2. The second kappa shape index (κ2) is 7.54. The van der Waals surface area contributed by atoms with E-state index in [1.165, 1.54) is 0 Å². The first kappa shape index (κ1) is 15.9. The van der Waals surface area contributed by atoms with Crippen molar-refractivity contribution in [3.8, 4) is 0 Å². The molecule has 0 atom stereocenters. The predicted octanol–water partition coefficient (Wildman–Crippen LogP) is 0.833. The van der Waals surface area contributed by atoms with Crippen LogP contribution >= 0.6 is 0 Å². The maximum absolute atomic E-state index is 12.3. The standard InChI is InChI=1S/C15H26N4O2/c1-3-18(4-2)11-12-7-9-19(10-8-12)15(21)13-5-6-14(20)17-16-13/h12H,3-11H2,1-2H3,(H,17,20). The van der Waals surface area contributed by atoms with Crippen LogP contribution in [0.4, 0.5) is 0 Å². The van der Waals surface area contributed by atoms with Crippen LogP contribution in [0.1, 0.15) is 39.5 Å². The fraction of sp³-hybridized carbons (Fsp3) is 0.800. The zero-order valence-electron chi connectivity index (χ0n) is 13.1. The van der Waals surface area contributed by atoms with Gasteiger partial charge in [0, 0.05) is 32.5 Å². The van der Waals surface area contributed by atoms with Crippen molar-refractivity contribution in [1.29, 1.82) is 0 Å². The smallest absolute Gasteiger partial charge is 0.270 e. The highest BCUT2D eigenvalue weighted by Crippen LogP contribution is 2.19. The minimum absolute atomic E-state index is 0.00344. The van der Waals surface area contributed by atoms with Gasteiger partial charge >= 0.3 is 0 Å². The first-order valence-electron chi connectivity index (χ1n) is 8.01. The molecule has 2 rings (SSSR count). The van der Waals surface area contributed by atoms with Crippen LogP contribution in [0.25, 0.3) is 0 Å². The number of nitrogens with one attached hydrogen (secondary N) is 1. The predicted molar refractivity (Wildman–Crippen MR) is 81.9 cm³/mol. The van der Waals surface area contributed by atoms with Crippen LogP contribution in [0.2, 0.25) is 0 Å². The van der Waals surface area contributed by atoms with Crippen LogP contribution in [-0.2, 0) is 9.59 Å². The molecule has 1 fully saturated rings. The summed E-state index contributed by atoms with van der Waals surface area (Å²) >= 11 is 0. The zero-order chi connectivity index (χ0) is 15.2. The Morgan fingerprint density at radius 3 is 2.48 bits per heavy atom. The van der Waals surface area contributed by atoms with E-state index in [4.69, 9.17) is 0 Å². The Labute approximate surface area is 126 Å². The maximum Gasteiger partial charge on any atom is 0.270 e. The lowest BCUT2D eigenvalue weighted by Gasteiger charge is -2.34. The average molecular weight is 294 g/mol. The molecule has 0 unspecified atom stereocenters. The molecule has 2 aliphatic rings. The number of carbonyl (C=O) groups excluding carboxylic acids is 2. The zero-order valence-corrected chi connectivity index (χ0v) is 13.1. The number of amides is 2. The lowest BCUT2D eigenvalue weighted by atomic mass is 9.95. The van der Waals surface area contributed by atoms with Gasteiger partial charge in [0.15, 0.2) is 0 Å². The molecule has 2 heterocycles. The van der Waals surface area contributed by atoms with E-state index in [0.29, 0.717) is 24.5 Å². The molecular formula is C15H26N4O2. The van der Waals surface area contributed by atoms with Gasteiger partial charge in [0.2, 0.25) is 5.91 Å². The summed E-state index contributed by atoms with van der Waals surface area (Å²) in [5.41, 5.74) is 2.89. The van der Waals surface area contributed by atoms with Crippen LogP contribution in [0.15, 0.2) is 5.10 Å². The Balaban J connectivity index is 1.81. The van der Waals surface area contributed by atoms with Gasteiger partial charge in [0.25, 0.3) is 5.91 Å². The molecule has 2 amide bonds. The topological polar surface area (TPSA) is 65.0 Å². The summed E-state index contributed by atoms with van der Waals surface area (Å²) in [6.45, 7) is 9.30. The van der Waals surface area contributed by atoms with Crippen molar-refractivity contribution < 1.29 is 9.59 Å².